The van der Waals surface area contributed by atoms with Crippen LogP contribution in [0, 0.1) is 3.57 Å². The second-order valence-corrected chi connectivity index (χ2v) is 5.51. The topological polar surface area (TPSA) is 46.1 Å². The van der Waals surface area contributed by atoms with Gasteiger partial charge in [0, 0.05) is 28.6 Å². The van der Waals surface area contributed by atoms with Gasteiger partial charge >= 0.3 is 0 Å². The standard InChI is InChI=1S/C10H14IN3O/c1-10(2,3)14(4)9(15)8-12-5-7(11)6-13-8/h5-6H,1-4H3. The van der Waals surface area contributed by atoms with Gasteiger partial charge in [-0.05, 0) is 43.4 Å². The lowest BCUT2D eigenvalue weighted by Crippen LogP contribution is -2.43. The fourth-order valence-electron chi connectivity index (χ4n) is 0.877. The lowest BCUT2D eigenvalue weighted by molar-refractivity contribution is 0.0643. The molecule has 4 nitrogen and oxygen atoms in total. The molecule has 0 bridgehead atoms. The summed E-state index contributed by atoms with van der Waals surface area (Å²) >= 11 is 2.10. The molecule has 5 heteroatoms. The molecule has 0 fully saturated rings. The Morgan fingerprint density at radius 2 is 1.80 bits per heavy atom. The number of hydrogen-bond acceptors (Lipinski definition) is 3. The van der Waals surface area contributed by atoms with Gasteiger partial charge in [0.25, 0.3) is 5.91 Å². The number of carbonyl (C=O) groups is 1. The van der Waals surface area contributed by atoms with Gasteiger partial charge < -0.3 is 4.90 Å². The number of hydrogen-bond donors (Lipinski definition) is 0. The quantitative estimate of drug-likeness (QED) is 0.743. The number of amides is 1. The molecule has 0 aliphatic rings. The highest BCUT2D eigenvalue weighted by Gasteiger charge is 2.24. The van der Waals surface area contributed by atoms with E-state index in [0.29, 0.717) is 0 Å². The molecule has 0 aliphatic carbocycles. The monoisotopic (exact) mass is 319 g/mol. The average molecular weight is 319 g/mol. The summed E-state index contributed by atoms with van der Waals surface area (Å²) in [5.41, 5.74) is -0.219. The van der Waals surface area contributed by atoms with Crippen LogP contribution >= 0.6 is 22.6 Å². The van der Waals surface area contributed by atoms with Gasteiger partial charge in [0.2, 0.25) is 5.82 Å². The Morgan fingerprint density at radius 1 is 1.33 bits per heavy atom. The molecule has 1 aromatic heterocycles. The molecule has 0 saturated carbocycles. The van der Waals surface area contributed by atoms with E-state index < -0.39 is 0 Å². The van der Waals surface area contributed by atoms with E-state index in [0.717, 1.165) is 3.57 Å². The third kappa shape index (κ3) is 3.12. The van der Waals surface area contributed by atoms with Crippen LogP contribution in [0.25, 0.3) is 0 Å². The minimum Gasteiger partial charge on any atom is -0.334 e. The predicted octanol–water partition coefficient (Wildman–Crippen LogP) is 1.95. The van der Waals surface area contributed by atoms with Crippen molar-refractivity contribution < 1.29 is 4.79 Å². The zero-order valence-corrected chi connectivity index (χ0v) is 11.4. The minimum absolute atomic E-state index is 0.154. The maximum Gasteiger partial charge on any atom is 0.291 e. The fourth-order valence-corrected chi connectivity index (χ4v) is 1.16. The summed E-state index contributed by atoms with van der Waals surface area (Å²) in [6, 6.07) is 0. The molecule has 0 aromatic carbocycles. The van der Waals surface area contributed by atoms with E-state index in [4.69, 9.17) is 0 Å². The largest absolute Gasteiger partial charge is 0.334 e. The normalized spacial score (nSPS) is 11.3. The Morgan fingerprint density at radius 3 is 2.20 bits per heavy atom. The Bertz CT molecular complexity index is 356. The summed E-state index contributed by atoms with van der Waals surface area (Å²) in [5, 5.41) is 0. The van der Waals surface area contributed by atoms with Crippen molar-refractivity contribution in [3.8, 4) is 0 Å². The predicted molar refractivity (Wildman–Crippen MR) is 66.6 cm³/mol. The van der Waals surface area contributed by atoms with Gasteiger partial charge in [-0.3, -0.25) is 4.79 Å². The van der Waals surface area contributed by atoms with Crippen molar-refractivity contribution in [2.45, 2.75) is 26.3 Å². The molecule has 1 rings (SSSR count). The summed E-state index contributed by atoms with van der Waals surface area (Å²) in [4.78, 5) is 21.5. The van der Waals surface area contributed by atoms with Gasteiger partial charge in [-0.1, -0.05) is 0 Å². The van der Waals surface area contributed by atoms with Gasteiger partial charge in [0.1, 0.15) is 0 Å². The molecule has 0 radical (unpaired) electrons. The van der Waals surface area contributed by atoms with Gasteiger partial charge in [0.05, 0.1) is 0 Å². The van der Waals surface area contributed by atoms with Gasteiger partial charge in [-0.25, -0.2) is 9.97 Å². The van der Waals surface area contributed by atoms with Gasteiger partial charge in [-0.2, -0.15) is 0 Å². The molecule has 82 valence electrons. The van der Waals surface area contributed by atoms with E-state index >= 15 is 0 Å². The minimum atomic E-state index is -0.219. The summed E-state index contributed by atoms with van der Waals surface area (Å²) in [6.45, 7) is 5.91. The first-order valence-electron chi connectivity index (χ1n) is 4.58. The van der Waals surface area contributed by atoms with Crippen LogP contribution in [0.2, 0.25) is 0 Å². The zero-order valence-electron chi connectivity index (χ0n) is 9.28. The molecule has 0 spiro atoms. The molecule has 0 N–H and O–H groups in total. The highest BCUT2D eigenvalue weighted by Crippen LogP contribution is 2.13. The van der Waals surface area contributed by atoms with Crippen molar-refractivity contribution in [1.82, 2.24) is 14.9 Å². The zero-order chi connectivity index (χ0) is 11.6. The first-order valence-corrected chi connectivity index (χ1v) is 5.66. The molecule has 0 atom stereocenters. The summed E-state index contributed by atoms with van der Waals surface area (Å²) < 4.78 is 0.919. The molecule has 1 aromatic rings. The van der Waals surface area contributed by atoms with Crippen LogP contribution in [0.15, 0.2) is 12.4 Å². The lowest BCUT2D eigenvalue weighted by atomic mass is 10.1. The van der Waals surface area contributed by atoms with Crippen molar-refractivity contribution in [3.05, 3.63) is 21.8 Å². The lowest BCUT2D eigenvalue weighted by Gasteiger charge is -2.31. The Hall–Kier alpha value is -0.720. The first-order chi connectivity index (χ1) is 6.82. The van der Waals surface area contributed by atoms with Crippen LogP contribution < -0.4 is 0 Å². The maximum absolute atomic E-state index is 11.9. The van der Waals surface area contributed by atoms with Crippen molar-refractivity contribution in [1.29, 1.82) is 0 Å². The smallest absolute Gasteiger partial charge is 0.291 e. The number of carbonyl (C=O) groups excluding carboxylic acids is 1. The summed E-state index contributed by atoms with van der Waals surface area (Å²) in [7, 11) is 1.75. The van der Waals surface area contributed by atoms with Crippen LogP contribution in [-0.4, -0.2) is 33.4 Å². The first kappa shape index (κ1) is 12.4. The number of rotatable bonds is 1. The SMILES string of the molecule is CN(C(=O)c1ncc(I)cn1)C(C)(C)C. The number of aromatic nitrogens is 2. The molecule has 1 heterocycles. The maximum atomic E-state index is 11.9. The third-order valence-electron chi connectivity index (χ3n) is 2.12. The Balaban J connectivity index is 2.90. The van der Waals surface area contributed by atoms with Crippen molar-refractivity contribution in [3.63, 3.8) is 0 Å². The van der Waals surface area contributed by atoms with Crippen molar-refractivity contribution >= 4 is 28.5 Å². The highest BCUT2D eigenvalue weighted by molar-refractivity contribution is 14.1. The third-order valence-corrected chi connectivity index (χ3v) is 2.68. The fraction of sp³-hybridized carbons (Fsp3) is 0.500. The van der Waals surface area contributed by atoms with E-state index in [1.807, 2.05) is 20.8 Å². The highest BCUT2D eigenvalue weighted by atomic mass is 127. The Labute approximate surface area is 103 Å². The second-order valence-electron chi connectivity index (χ2n) is 4.26. The van der Waals surface area contributed by atoms with Crippen LogP contribution in [0.3, 0.4) is 0 Å². The number of halogens is 1. The molecular formula is C10H14IN3O. The van der Waals surface area contributed by atoms with E-state index in [-0.39, 0.29) is 17.3 Å². The van der Waals surface area contributed by atoms with Gasteiger partial charge in [-0.15, -0.1) is 0 Å². The second kappa shape index (κ2) is 4.42. The van der Waals surface area contributed by atoms with E-state index in [1.54, 1.807) is 24.3 Å². The van der Waals surface area contributed by atoms with E-state index in [2.05, 4.69) is 32.6 Å². The van der Waals surface area contributed by atoms with Crippen molar-refractivity contribution in [2.24, 2.45) is 0 Å². The molecule has 0 unspecified atom stereocenters. The number of nitrogens with zero attached hydrogens (tertiary/aromatic N) is 3. The van der Waals surface area contributed by atoms with Gasteiger partial charge in [0.15, 0.2) is 0 Å². The molecule has 0 saturated heterocycles. The van der Waals surface area contributed by atoms with Crippen LogP contribution in [0.1, 0.15) is 31.4 Å². The van der Waals surface area contributed by atoms with E-state index in [1.165, 1.54) is 0 Å². The van der Waals surface area contributed by atoms with Crippen LogP contribution in [-0.2, 0) is 0 Å². The van der Waals surface area contributed by atoms with Crippen LogP contribution in [0.4, 0.5) is 0 Å². The Kier molecular flexibility index (Phi) is 3.64. The van der Waals surface area contributed by atoms with Crippen molar-refractivity contribution in [2.75, 3.05) is 7.05 Å². The molecule has 1 amide bonds. The average Bonchev–Trinajstić information content (AvgIpc) is 2.15. The molecular weight excluding hydrogens is 305 g/mol. The molecule has 15 heavy (non-hydrogen) atoms. The molecule has 0 aliphatic heterocycles. The van der Waals surface area contributed by atoms with E-state index in [9.17, 15) is 4.79 Å². The summed E-state index contributed by atoms with van der Waals surface area (Å²) in [5.74, 6) is 0.0896. The summed E-state index contributed by atoms with van der Waals surface area (Å²) in [6.07, 6.45) is 3.27. The van der Waals surface area contributed by atoms with Crippen LogP contribution in [0.5, 0.6) is 0 Å².